The largest absolute Gasteiger partial charge is 4.00 e. The van der Waals surface area contributed by atoms with Crippen LogP contribution in [0.3, 0.4) is 0 Å². The molecule has 2 aliphatic rings. The molecule has 0 unspecified atom stereocenters. The van der Waals surface area contributed by atoms with Crippen molar-refractivity contribution >= 4 is 40.9 Å². The SMILES string of the molecule is CC(C)c1cccc(C(C)C)c1B1N(C)c2ccc(Oc3[c-]c(N4[CH-]N(c5c(-c6ccccc6)cccc5-c5ccccc5)c5ccccc54)ccc3)[c-]c2-c2[c-]ccc[n+]21.[Pt+4]. The summed E-state index contributed by atoms with van der Waals surface area (Å²) in [5, 5.41) is 0. The number of rotatable bonds is 9. The molecule has 0 atom stereocenters. The van der Waals surface area contributed by atoms with Crippen molar-refractivity contribution in [2.75, 3.05) is 21.7 Å². The number of hydrogen-bond acceptors (Lipinski definition) is 4. The summed E-state index contributed by atoms with van der Waals surface area (Å²) < 4.78 is 9.00. The molecule has 0 N–H and O–H groups in total. The molecular formula is C55H46BN4OPt+. The van der Waals surface area contributed by atoms with Crippen molar-refractivity contribution in [3.63, 3.8) is 0 Å². The molecule has 0 saturated heterocycles. The van der Waals surface area contributed by atoms with Gasteiger partial charge in [0.05, 0.1) is 6.20 Å². The molecule has 8 aromatic rings. The fourth-order valence-electron chi connectivity index (χ4n) is 9.12. The third-order valence-corrected chi connectivity index (χ3v) is 12.0. The molecule has 0 aliphatic carbocycles. The first-order valence-electron chi connectivity index (χ1n) is 21.2. The van der Waals surface area contributed by atoms with Crippen LogP contribution in [0.2, 0.25) is 0 Å². The Morgan fingerprint density at radius 3 is 1.81 bits per heavy atom. The van der Waals surface area contributed by atoms with Crippen LogP contribution < -0.4 is 29.3 Å². The van der Waals surface area contributed by atoms with Gasteiger partial charge in [0.1, 0.15) is 0 Å². The van der Waals surface area contributed by atoms with Crippen molar-refractivity contribution < 1.29 is 30.3 Å². The normalized spacial score (nSPS) is 12.9. The zero-order chi connectivity index (χ0) is 41.6. The molecule has 2 aliphatic heterocycles. The molecule has 5 nitrogen and oxygen atoms in total. The minimum Gasteiger partial charge on any atom is -0.504 e. The Balaban J connectivity index is 0.00000490. The minimum absolute atomic E-state index is 0. The number of hydrogen-bond donors (Lipinski definition) is 0. The maximum absolute atomic E-state index is 6.65. The Bertz CT molecular complexity index is 2800. The molecule has 62 heavy (non-hydrogen) atoms. The van der Waals surface area contributed by atoms with Gasteiger partial charge in [0.15, 0.2) is 0 Å². The first kappa shape index (κ1) is 41.0. The van der Waals surface area contributed by atoms with Crippen LogP contribution in [0.4, 0.5) is 28.4 Å². The number of pyridine rings is 1. The second-order valence-corrected chi connectivity index (χ2v) is 16.4. The number of para-hydroxylation sites is 3. The van der Waals surface area contributed by atoms with Gasteiger partial charge in [-0.25, -0.2) is 0 Å². The molecule has 1 aromatic heterocycles. The van der Waals surface area contributed by atoms with Crippen molar-refractivity contribution in [2.45, 2.75) is 39.5 Å². The molecule has 304 valence electrons. The van der Waals surface area contributed by atoms with E-state index in [1.165, 1.54) is 16.6 Å². The summed E-state index contributed by atoms with van der Waals surface area (Å²) >= 11 is 0. The molecule has 0 bridgehead atoms. The van der Waals surface area contributed by atoms with Crippen LogP contribution in [0.1, 0.15) is 50.7 Å². The van der Waals surface area contributed by atoms with Crippen LogP contribution in [0.5, 0.6) is 11.5 Å². The number of aromatic nitrogens is 1. The van der Waals surface area contributed by atoms with Crippen LogP contribution in [-0.2, 0) is 21.1 Å². The minimum atomic E-state index is -0.0382. The van der Waals surface area contributed by atoms with E-state index in [1.807, 2.05) is 24.3 Å². The van der Waals surface area contributed by atoms with Crippen molar-refractivity contribution in [2.24, 2.45) is 0 Å². The number of anilines is 5. The van der Waals surface area contributed by atoms with Gasteiger partial charge in [0.2, 0.25) is 0 Å². The van der Waals surface area contributed by atoms with E-state index in [0.29, 0.717) is 23.3 Å². The van der Waals surface area contributed by atoms with Crippen molar-refractivity contribution in [1.29, 1.82) is 0 Å². The first-order valence-corrected chi connectivity index (χ1v) is 21.2. The summed E-state index contributed by atoms with van der Waals surface area (Å²) in [6.45, 7) is 11.3. The Morgan fingerprint density at radius 1 is 0.581 bits per heavy atom. The smallest absolute Gasteiger partial charge is 0.504 e. The zero-order valence-electron chi connectivity index (χ0n) is 35.5. The number of nitrogens with zero attached hydrogens (tertiary/aromatic N) is 4. The van der Waals surface area contributed by atoms with Crippen LogP contribution >= 0.6 is 0 Å². The molecule has 0 saturated carbocycles. The molecule has 10 rings (SSSR count). The van der Waals surface area contributed by atoms with Crippen molar-refractivity contribution in [3.8, 4) is 45.0 Å². The standard InChI is InChI=1S/C55H46BN4O.Pt/c1-38(2)45-25-17-26-46(39(3)4)54(45)56-57(5)50-33-32-44(36-49(50)51-29-14-15-34-60(51)56)61-43-24-16-23-42(35-43)58-37-59(53-31-13-12-30-52(53)58)55-47(40-19-8-6-9-20-40)27-18-28-48(55)41-21-10-7-11-22-41;/h6-28,30-34,37-39H,1-5H3;/q-3;+4. The quantitative estimate of drug-likeness (QED) is 0.106. The van der Waals surface area contributed by atoms with E-state index in [4.69, 9.17) is 4.74 Å². The summed E-state index contributed by atoms with van der Waals surface area (Å²) in [4.78, 5) is 6.90. The first-order chi connectivity index (χ1) is 29.9. The predicted molar refractivity (Wildman–Crippen MR) is 251 cm³/mol. The molecule has 3 heterocycles. The van der Waals surface area contributed by atoms with Gasteiger partial charge in [-0.1, -0.05) is 143 Å². The van der Waals surface area contributed by atoms with Gasteiger partial charge in [0.25, 0.3) is 0 Å². The topological polar surface area (TPSA) is 22.8 Å². The van der Waals surface area contributed by atoms with Crippen LogP contribution in [0.15, 0.2) is 170 Å². The number of ether oxygens (including phenoxy) is 1. The second kappa shape index (κ2) is 17.2. The maximum atomic E-state index is 6.65. The van der Waals surface area contributed by atoms with Crippen LogP contribution in [-0.4, -0.2) is 14.0 Å². The summed E-state index contributed by atoms with van der Waals surface area (Å²) in [6, 6.07) is 68.3. The van der Waals surface area contributed by atoms with E-state index in [9.17, 15) is 0 Å². The van der Waals surface area contributed by atoms with Gasteiger partial charge in [0, 0.05) is 45.2 Å². The van der Waals surface area contributed by atoms with Gasteiger partial charge in [-0.3, -0.25) is 0 Å². The third-order valence-electron chi connectivity index (χ3n) is 12.0. The summed E-state index contributed by atoms with van der Waals surface area (Å²) in [5.41, 5.74) is 15.8. The fraction of sp³-hybridized carbons (Fsp3) is 0.127. The van der Waals surface area contributed by atoms with E-state index >= 15 is 0 Å². The average Bonchev–Trinajstić information content (AvgIpc) is 3.69. The molecular weight excluding hydrogens is 939 g/mol. The fourth-order valence-corrected chi connectivity index (χ4v) is 9.12. The van der Waals surface area contributed by atoms with Gasteiger partial charge in [-0.05, 0) is 59.0 Å². The van der Waals surface area contributed by atoms with Gasteiger partial charge >= 0.3 is 28.0 Å². The van der Waals surface area contributed by atoms with E-state index in [-0.39, 0.29) is 28.0 Å². The van der Waals surface area contributed by atoms with E-state index in [0.717, 1.165) is 61.9 Å². The predicted octanol–water partition coefficient (Wildman–Crippen LogP) is 12.5. The third kappa shape index (κ3) is 7.31. The van der Waals surface area contributed by atoms with Gasteiger partial charge in [-0.2, -0.15) is 29.8 Å². The molecule has 7 heteroatoms. The Labute approximate surface area is 381 Å². The van der Waals surface area contributed by atoms with Gasteiger partial charge in [-0.15, -0.1) is 48.4 Å². The Kier molecular flexibility index (Phi) is 11.4. The summed E-state index contributed by atoms with van der Waals surface area (Å²) in [7, 11) is 2.19. The van der Waals surface area contributed by atoms with Crippen molar-refractivity contribution in [3.05, 3.63) is 206 Å². The molecule has 0 radical (unpaired) electrons. The summed E-state index contributed by atoms with van der Waals surface area (Å²) in [6.07, 6.45) is 2.17. The van der Waals surface area contributed by atoms with E-state index < -0.39 is 0 Å². The Hall–Kier alpha value is -6.36. The number of fused-ring (bicyclic) bond motifs is 4. The van der Waals surface area contributed by atoms with E-state index in [1.54, 1.807) is 0 Å². The molecule has 0 fully saturated rings. The molecule has 0 amide bonds. The molecule has 7 aromatic carbocycles. The van der Waals surface area contributed by atoms with Crippen LogP contribution in [0.25, 0.3) is 33.5 Å². The van der Waals surface area contributed by atoms with Crippen molar-refractivity contribution in [1.82, 2.24) is 0 Å². The Morgan fingerprint density at radius 2 is 1.16 bits per heavy atom. The monoisotopic (exact) mass is 984 g/mol. The second-order valence-electron chi connectivity index (χ2n) is 16.4. The number of benzene rings is 7. The maximum Gasteiger partial charge on any atom is 4.00 e. The van der Waals surface area contributed by atoms with E-state index in [2.05, 4.69) is 224 Å². The zero-order valence-corrected chi connectivity index (χ0v) is 37.8. The van der Waals surface area contributed by atoms with Gasteiger partial charge < -0.3 is 23.8 Å². The van der Waals surface area contributed by atoms with Crippen LogP contribution in [0, 0.1) is 24.9 Å². The molecule has 0 spiro atoms. The average molecular weight is 985 g/mol. The summed E-state index contributed by atoms with van der Waals surface area (Å²) in [5.74, 6) is 1.97.